The van der Waals surface area contributed by atoms with Gasteiger partial charge in [0.1, 0.15) is 16.5 Å². The zero-order valence-corrected chi connectivity index (χ0v) is 8.29. The molecule has 0 aliphatic rings. The Morgan fingerprint density at radius 3 is 2.73 bits per heavy atom. The molecule has 0 spiro atoms. The fourth-order valence-corrected chi connectivity index (χ4v) is 2.98. The third-order valence-electron chi connectivity index (χ3n) is 1.74. The van der Waals surface area contributed by atoms with Crippen LogP contribution in [0.1, 0.15) is 32.3 Å². The lowest BCUT2D eigenvalue weighted by atomic mass is 10.2. The zero-order valence-electron chi connectivity index (χ0n) is 7.47. The highest BCUT2D eigenvalue weighted by Gasteiger charge is 2.04. The van der Waals surface area contributed by atoms with Crippen molar-refractivity contribution in [1.29, 1.82) is 0 Å². The third kappa shape index (κ3) is 2.66. The molecular formula is C10H17S+. The molecule has 0 N–H and O–H groups in total. The van der Waals surface area contributed by atoms with Gasteiger partial charge in [-0.2, -0.15) is 0 Å². The standard InChI is InChI=1S/C10H17S/c1-3-5-10-6-8-11(9-10)7-4-2/h6,8-9H,3-5,7H2,1-2H3/q+1. The van der Waals surface area contributed by atoms with Crippen molar-refractivity contribution in [2.24, 2.45) is 0 Å². The quantitative estimate of drug-likeness (QED) is 0.601. The van der Waals surface area contributed by atoms with Gasteiger partial charge >= 0.3 is 0 Å². The molecule has 0 fully saturated rings. The minimum absolute atomic E-state index is 0.499. The summed E-state index contributed by atoms with van der Waals surface area (Å²) in [6.45, 7) is 4.50. The average molecular weight is 169 g/mol. The number of hydrogen-bond acceptors (Lipinski definition) is 0. The molecule has 1 aromatic rings. The molecule has 11 heavy (non-hydrogen) atoms. The Labute approximate surface area is 72.2 Å². The molecule has 0 aliphatic heterocycles. The van der Waals surface area contributed by atoms with Crippen LogP contribution in [-0.2, 0) is 12.2 Å². The van der Waals surface area contributed by atoms with Crippen molar-refractivity contribution in [3.05, 3.63) is 22.4 Å². The van der Waals surface area contributed by atoms with Crippen LogP contribution in [-0.4, -0.2) is 0 Å². The monoisotopic (exact) mass is 169 g/mol. The van der Waals surface area contributed by atoms with Crippen molar-refractivity contribution >= 4 is 10.5 Å². The summed E-state index contributed by atoms with van der Waals surface area (Å²) in [5, 5.41) is 4.82. The first kappa shape index (κ1) is 8.79. The summed E-state index contributed by atoms with van der Waals surface area (Å²) >= 11 is 0. The summed E-state index contributed by atoms with van der Waals surface area (Å²) in [5.41, 5.74) is 1.56. The van der Waals surface area contributed by atoms with Gasteiger partial charge in [0.05, 0.1) is 0 Å². The lowest BCUT2D eigenvalue weighted by molar-refractivity contribution is 0.926. The molecule has 0 amide bonds. The van der Waals surface area contributed by atoms with E-state index in [1.54, 1.807) is 5.56 Å². The van der Waals surface area contributed by atoms with E-state index in [0.29, 0.717) is 10.5 Å². The summed E-state index contributed by atoms with van der Waals surface area (Å²) in [7, 11) is 0.499. The van der Waals surface area contributed by atoms with Crippen LogP contribution >= 0.6 is 10.5 Å². The summed E-state index contributed by atoms with van der Waals surface area (Å²) in [6.07, 6.45) is 3.85. The van der Waals surface area contributed by atoms with Gasteiger partial charge in [0.25, 0.3) is 0 Å². The topological polar surface area (TPSA) is 0 Å². The Kier molecular flexibility index (Phi) is 3.64. The van der Waals surface area contributed by atoms with Gasteiger partial charge in [0, 0.05) is 5.56 Å². The van der Waals surface area contributed by atoms with E-state index in [2.05, 4.69) is 30.7 Å². The molecule has 1 heteroatoms. The maximum atomic E-state index is 2.45. The van der Waals surface area contributed by atoms with Crippen LogP contribution < -0.4 is 0 Å². The number of aryl methyl sites for hydroxylation is 2. The number of thiophene rings is 1. The summed E-state index contributed by atoms with van der Waals surface area (Å²) in [5.74, 6) is 1.35. The van der Waals surface area contributed by atoms with Crippen molar-refractivity contribution in [3.63, 3.8) is 0 Å². The molecule has 1 aromatic heterocycles. The molecule has 0 saturated carbocycles. The summed E-state index contributed by atoms with van der Waals surface area (Å²) < 4.78 is 0. The van der Waals surface area contributed by atoms with Crippen LogP contribution in [0.2, 0.25) is 0 Å². The van der Waals surface area contributed by atoms with E-state index < -0.39 is 0 Å². The first-order valence-electron chi connectivity index (χ1n) is 4.44. The van der Waals surface area contributed by atoms with Crippen LogP contribution in [0.4, 0.5) is 0 Å². The first-order valence-corrected chi connectivity index (χ1v) is 5.96. The predicted molar refractivity (Wildman–Crippen MR) is 53.2 cm³/mol. The van der Waals surface area contributed by atoms with Crippen LogP contribution in [0.3, 0.4) is 0 Å². The highest BCUT2D eigenvalue weighted by Crippen LogP contribution is 2.23. The van der Waals surface area contributed by atoms with E-state index in [1.807, 2.05) is 0 Å². The Balaban J connectivity index is 2.51. The summed E-state index contributed by atoms with van der Waals surface area (Å²) in [6, 6.07) is 2.31. The molecule has 1 atom stereocenters. The van der Waals surface area contributed by atoms with Crippen molar-refractivity contribution in [1.82, 2.24) is 0 Å². The molecule has 0 nitrogen and oxygen atoms in total. The number of hydrogen-bond donors (Lipinski definition) is 0. The molecule has 0 aliphatic carbocycles. The second kappa shape index (κ2) is 4.55. The van der Waals surface area contributed by atoms with Crippen LogP contribution in [0.15, 0.2) is 16.8 Å². The predicted octanol–water partition coefficient (Wildman–Crippen LogP) is 3.80. The highest BCUT2D eigenvalue weighted by molar-refractivity contribution is 7.27. The van der Waals surface area contributed by atoms with Gasteiger partial charge < -0.3 is 0 Å². The molecule has 1 unspecified atom stereocenters. The Morgan fingerprint density at radius 2 is 2.09 bits per heavy atom. The molecular weight excluding hydrogens is 152 g/mol. The maximum Gasteiger partial charge on any atom is 0.140 e. The Morgan fingerprint density at radius 1 is 1.27 bits per heavy atom. The van der Waals surface area contributed by atoms with Crippen LogP contribution in [0.5, 0.6) is 0 Å². The molecule has 1 rings (SSSR count). The second-order valence-electron chi connectivity index (χ2n) is 2.92. The van der Waals surface area contributed by atoms with E-state index in [4.69, 9.17) is 0 Å². The average Bonchev–Trinajstić information content (AvgIpc) is 2.38. The molecule has 62 valence electrons. The number of rotatable bonds is 4. The lowest BCUT2D eigenvalue weighted by Crippen LogP contribution is -1.74. The van der Waals surface area contributed by atoms with E-state index >= 15 is 0 Å². The van der Waals surface area contributed by atoms with Gasteiger partial charge in [-0.05, 0) is 29.4 Å². The fourth-order valence-electron chi connectivity index (χ4n) is 1.24. The second-order valence-corrected chi connectivity index (χ2v) is 4.77. The smallest absolute Gasteiger partial charge is 0.0651 e. The molecule has 0 radical (unpaired) electrons. The normalized spacial score (nSPS) is 12.0. The van der Waals surface area contributed by atoms with E-state index in [0.717, 1.165) is 0 Å². The molecule has 0 aromatic carbocycles. The first-order chi connectivity index (χ1) is 5.36. The van der Waals surface area contributed by atoms with Crippen molar-refractivity contribution in [3.8, 4) is 0 Å². The molecule has 0 bridgehead atoms. The van der Waals surface area contributed by atoms with E-state index in [-0.39, 0.29) is 0 Å². The lowest BCUT2D eigenvalue weighted by Gasteiger charge is -1.85. The Hall–Kier alpha value is -0.300. The minimum Gasteiger partial charge on any atom is -0.0651 e. The van der Waals surface area contributed by atoms with Crippen molar-refractivity contribution < 1.29 is 0 Å². The SMILES string of the molecule is CCCc1cc[s+](CCC)c1. The highest BCUT2D eigenvalue weighted by atomic mass is 32.2. The Bertz CT molecular complexity index is 180. The fraction of sp³-hybridized carbons (Fsp3) is 0.600. The van der Waals surface area contributed by atoms with E-state index in [9.17, 15) is 0 Å². The largest absolute Gasteiger partial charge is 0.140 e. The minimum atomic E-state index is 0.499. The van der Waals surface area contributed by atoms with Gasteiger partial charge in [-0.3, -0.25) is 0 Å². The van der Waals surface area contributed by atoms with Gasteiger partial charge in [0.15, 0.2) is 0 Å². The maximum absolute atomic E-state index is 2.45. The van der Waals surface area contributed by atoms with Crippen LogP contribution in [0.25, 0.3) is 0 Å². The molecule has 0 saturated heterocycles. The van der Waals surface area contributed by atoms with Gasteiger partial charge in [-0.15, -0.1) is 0 Å². The third-order valence-corrected chi connectivity index (χ3v) is 3.71. The van der Waals surface area contributed by atoms with Gasteiger partial charge in [-0.25, -0.2) is 0 Å². The zero-order chi connectivity index (χ0) is 8.10. The van der Waals surface area contributed by atoms with Gasteiger partial charge in [0.2, 0.25) is 0 Å². The van der Waals surface area contributed by atoms with Crippen molar-refractivity contribution in [2.75, 3.05) is 0 Å². The van der Waals surface area contributed by atoms with Crippen LogP contribution in [0, 0.1) is 0 Å². The van der Waals surface area contributed by atoms with Crippen molar-refractivity contribution in [2.45, 2.75) is 38.9 Å². The molecule has 1 heterocycles. The summed E-state index contributed by atoms with van der Waals surface area (Å²) in [4.78, 5) is 0. The van der Waals surface area contributed by atoms with E-state index in [1.165, 1.54) is 25.0 Å². The van der Waals surface area contributed by atoms with Gasteiger partial charge in [-0.1, -0.05) is 20.3 Å².